The number of carbonyl (C=O) groups excluding carboxylic acids is 3. The Hall–Kier alpha value is -5.26. The van der Waals surface area contributed by atoms with Gasteiger partial charge in [-0.3, -0.25) is 14.4 Å². The Kier molecular flexibility index (Phi) is 11.4. The molecule has 4 N–H and O–H groups in total. The second-order valence-electron chi connectivity index (χ2n) is 9.69. The smallest absolute Gasteiger partial charge is 0.337 e. The average molecular weight is 660 g/mol. The minimum Gasteiger partial charge on any atom is -0.493 e. The zero-order valence-electron chi connectivity index (χ0n) is 25.0. The molecule has 0 saturated heterocycles. The van der Waals surface area contributed by atoms with E-state index in [0.717, 1.165) is 0 Å². The van der Waals surface area contributed by atoms with Gasteiger partial charge in [-0.25, -0.2) is 4.79 Å². The fourth-order valence-electron chi connectivity index (χ4n) is 4.24. The quantitative estimate of drug-likeness (QED) is 0.0986. The van der Waals surface area contributed by atoms with Crippen LogP contribution in [0.4, 0.5) is 11.4 Å². The zero-order valence-corrected chi connectivity index (χ0v) is 26.6. The van der Waals surface area contributed by atoms with Crippen molar-refractivity contribution in [1.29, 1.82) is 0 Å². The first-order valence-electron chi connectivity index (χ1n) is 13.8. The highest BCUT2D eigenvalue weighted by Crippen LogP contribution is 2.32. The van der Waals surface area contributed by atoms with Crippen LogP contribution >= 0.6 is 23.4 Å². The van der Waals surface area contributed by atoms with Gasteiger partial charge in [0.25, 0.3) is 11.8 Å². The Labute approximate surface area is 274 Å². The Morgan fingerprint density at radius 2 is 1.57 bits per heavy atom. The van der Waals surface area contributed by atoms with Gasteiger partial charge < -0.3 is 30.5 Å². The number of anilines is 2. The van der Waals surface area contributed by atoms with Gasteiger partial charge in [-0.1, -0.05) is 48.0 Å². The first-order valence-corrected chi connectivity index (χ1v) is 15.1. The number of hydrogen-bond acceptors (Lipinski definition) is 7. The lowest BCUT2D eigenvalue weighted by Crippen LogP contribution is -2.30. The largest absolute Gasteiger partial charge is 0.493 e. The van der Waals surface area contributed by atoms with E-state index in [0.29, 0.717) is 38.9 Å². The fraction of sp³-hybridized carbons (Fsp3) is 0.118. The van der Waals surface area contributed by atoms with Crippen LogP contribution in [0.2, 0.25) is 5.02 Å². The average Bonchev–Trinajstić information content (AvgIpc) is 3.05. The number of nitrogens with one attached hydrogen (secondary N) is 3. The van der Waals surface area contributed by atoms with Gasteiger partial charge in [-0.05, 0) is 67.6 Å². The molecule has 0 bridgehead atoms. The summed E-state index contributed by atoms with van der Waals surface area (Å²) in [7, 11) is 2.98. The summed E-state index contributed by atoms with van der Waals surface area (Å²) in [5.41, 5.74) is 1.41. The SMILES string of the molecule is COc1cccc(/C=C(/NC(=O)c2ccccc2)C(=O)Nc2cccc(SC(C)C(=O)Nc3ccc(Cl)c(C(=O)O)c3)c2)c1OC. The predicted octanol–water partition coefficient (Wildman–Crippen LogP) is 6.58. The summed E-state index contributed by atoms with van der Waals surface area (Å²) in [5, 5.41) is 17.0. The fourth-order valence-corrected chi connectivity index (χ4v) is 5.36. The molecule has 0 radical (unpaired) electrons. The molecule has 12 heteroatoms. The number of thioether (sulfide) groups is 1. The molecule has 0 aliphatic rings. The monoisotopic (exact) mass is 659 g/mol. The third kappa shape index (κ3) is 8.68. The number of carbonyl (C=O) groups is 4. The van der Waals surface area contributed by atoms with E-state index in [-0.39, 0.29) is 22.2 Å². The van der Waals surface area contributed by atoms with Gasteiger partial charge in [0.2, 0.25) is 5.91 Å². The van der Waals surface area contributed by atoms with E-state index in [4.69, 9.17) is 21.1 Å². The molecule has 4 aromatic carbocycles. The Morgan fingerprint density at radius 3 is 2.26 bits per heavy atom. The van der Waals surface area contributed by atoms with Gasteiger partial charge >= 0.3 is 5.97 Å². The summed E-state index contributed by atoms with van der Waals surface area (Å²) >= 11 is 7.16. The number of aromatic carboxylic acids is 1. The van der Waals surface area contributed by atoms with Crippen LogP contribution in [0.25, 0.3) is 6.08 Å². The third-order valence-electron chi connectivity index (χ3n) is 6.50. The van der Waals surface area contributed by atoms with Crippen LogP contribution in [0.15, 0.2) is 102 Å². The van der Waals surface area contributed by atoms with Crippen LogP contribution in [0.3, 0.4) is 0 Å². The van der Waals surface area contributed by atoms with Gasteiger partial charge in [0.05, 0.1) is 30.1 Å². The number of carboxylic acids is 1. The molecule has 1 atom stereocenters. The summed E-state index contributed by atoms with van der Waals surface area (Å²) < 4.78 is 10.9. The van der Waals surface area contributed by atoms with Crippen molar-refractivity contribution in [1.82, 2.24) is 5.32 Å². The maximum atomic E-state index is 13.6. The summed E-state index contributed by atoms with van der Waals surface area (Å²) in [6.07, 6.45) is 1.50. The van der Waals surface area contributed by atoms with Crippen molar-refractivity contribution >= 4 is 64.5 Å². The van der Waals surface area contributed by atoms with Crippen molar-refractivity contribution in [3.05, 3.63) is 118 Å². The maximum absolute atomic E-state index is 13.6. The van der Waals surface area contributed by atoms with E-state index in [9.17, 15) is 24.3 Å². The number of methoxy groups -OCH3 is 2. The molecule has 0 aliphatic carbocycles. The van der Waals surface area contributed by atoms with E-state index < -0.39 is 23.0 Å². The minimum absolute atomic E-state index is 0.0464. The highest BCUT2D eigenvalue weighted by molar-refractivity contribution is 8.00. The molecule has 3 amide bonds. The standard InChI is InChI=1S/C34H30ClN3O7S/c1-20(31(39)36-24-15-16-27(35)26(19-24)34(42)43)46-25-13-8-12-23(18-25)37-33(41)28(38-32(40)21-9-5-4-6-10-21)17-22-11-7-14-29(44-2)30(22)45-3/h4-20H,1-3H3,(H,36,39)(H,37,41)(H,38,40)(H,42,43)/b28-17+. The molecule has 0 fully saturated rings. The van der Waals surface area contributed by atoms with E-state index in [1.807, 2.05) is 0 Å². The summed E-state index contributed by atoms with van der Waals surface area (Å²) in [5.74, 6) is -1.82. The summed E-state index contributed by atoms with van der Waals surface area (Å²) in [6, 6.07) is 24.7. The first-order chi connectivity index (χ1) is 22.1. The predicted molar refractivity (Wildman–Crippen MR) is 179 cm³/mol. The van der Waals surface area contributed by atoms with Crippen LogP contribution in [0, 0.1) is 0 Å². The van der Waals surface area contributed by atoms with E-state index in [2.05, 4.69) is 16.0 Å². The van der Waals surface area contributed by atoms with Crippen LogP contribution in [-0.2, 0) is 9.59 Å². The normalized spacial score (nSPS) is 11.6. The number of hydrogen-bond donors (Lipinski definition) is 4. The molecule has 0 heterocycles. The Balaban J connectivity index is 1.53. The van der Waals surface area contributed by atoms with Gasteiger partial charge in [0.15, 0.2) is 11.5 Å². The minimum atomic E-state index is -1.21. The molecule has 0 aromatic heterocycles. The van der Waals surface area contributed by atoms with Crippen LogP contribution in [-0.4, -0.2) is 48.3 Å². The van der Waals surface area contributed by atoms with Crippen molar-refractivity contribution in [2.75, 3.05) is 24.9 Å². The van der Waals surface area contributed by atoms with Crippen LogP contribution < -0.4 is 25.4 Å². The van der Waals surface area contributed by atoms with Gasteiger partial charge in [-0.2, -0.15) is 0 Å². The van der Waals surface area contributed by atoms with Crippen molar-refractivity contribution in [3.8, 4) is 11.5 Å². The van der Waals surface area contributed by atoms with Crippen molar-refractivity contribution in [2.45, 2.75) is 17.1 Å². The lowest BCUT2D eigenvalue weighted by Gasteiger charge is -2.15. The van der Waals surface area contributed by atoms with E-state index in [1.54, 1.807) is 79.7 Å². The molecule has 46 heavy (non-hydrogen) atoms. The Bertz CT molecular complexity index is 1800. The van der Waals surface area contributed by atoms with E-state index in [1.165, 1.54) is 50.3 Å². The molecular weight excluding hydrogens is 630 g/mol. The molecule has 0 spiro atoms. The molecule has 0 aliphatic heterocycles. The number of para-hydroxylation sites is 1. The van der Waals surface area contributed by atoms with Gasteiger partial charge in [0, 0.05) is 27.4 Å². The zero-order chi connectivity index (χ0) is 33.2. The van der Waals surface area contributed by atoms with Crippen LogP contribution in [0.1, 0.15) is 33.2 Å². The van der Waals surface area contributed by atoms with Crippen molar-refractivity contribution < 1.29 is 33.8 Å². The van der Waals surface area contributed by atoms with Gasteiger partial charge in [0.1, 0.15) is 5.70 Å². The lowest BCUT2D eigenvalue weighted by atomic mass is 10.1. The number of amides is 3. The second kappa shape index (κ2) is 15.6. The molecular formula is C34H30ClN3O7S. The molecule has 236 valence electrons. The van der Waals surface area contributed by atoms with Crippen molar-refractivity contribution in [2.24, 2.45) is 0 Å². The highest BCUT2D eigenvalue weighted by Gasteiger charge is 2.19. The Morgan fingerprint density at radius 1 is 0.848 bits per heavy atom. The van der Waals surface area contributed by atoms with E-state index >= 15 is 0 Å². The second-order valence-corrected chi connectivity index (χ2v) is 11.5. The number of ether oxygens (including phenoxy) is 2. The number of carboxylic acid groups (broad SMARTS) is 1. The van der Waals surface area contributed by atoms with Crippen molar-refractivity contribution in [3.63, 3.8) is 0 Å². The maximum Gasteiger partial charge on any atom is 0.337 e. The molecule has 0 saturated carbocycles. The first kappa shape index (κ1) is 33.6. The number of halogens is 1. The number of benzene rings is 4. The number of rotatable bonds is 12. The highest BCUT2D eigenvalue weighted by atomic mass is 35.5. The topological polar surface area (TPSA) is 143 Å². The third-order valence-corrected chi connectivity index (χ3v) is 7.92. The molecule has 4 aromatic rings. The molecule has 10 nitrogen and oxygen atoms in total. The van der Waals surface area contributed by atoms with Gasteiger partial charge in [-0.15, -0.1) is 11.8 Å². The molecule has 4 rings (SSSR count). The van der Waals surface area contributed by atoms with Crippen LogP contribution in [0.5, 0.6) is 11.5 Å². The summed E-state index contributed by atoms with van der Waals surface area (Å²) in [6.45, 7) is 1.70. The lowest BCUT2D eigenvalue weighted by molar-refractivity contribution is -0.115. The summed E-state index contributed by atoms with van der Waals surface area (Å²) in [4.78, 5) is 51.6. The molecule has 1 unspecified atom stereocenters.